The summed E-state index contributed by atoms with van der Waals surface area (Å²) in [5.74, 6) is -0.746. The molecule has 0 radical (unpaired) electrons. The number of carbonyl (C=O) groups is 1. The van der Waals surface area contributed by atoms with Crippen molar-refractivity contribution in [3.63, 3.8) is 0 Å². The van der Waals surface area contributed by atoms with Gasteiger partial charge in [0.1, 0.15) is 5.82 Å². The van der Waals surface area contributed by atoms with E-state index in [0.29, 0.717) is 33.5 Å². The monoisotopic (exact) mass is 337 g/mol. The van der Waals surface area contributed by atoms with Crippen molar-refractivity contribution < 1.29 is 9.18 Å². The number of nitrogens with one attached hydrogen (secondary N) is 1. The highest BCUT2D eigenvalue weighted by molar-refractivity contribution is 9.10. The van der Waals surface area contributed by atoms with Crippen LogP contribution in [0.4, 0.5) is 10.1 Å². The average Bonchev–Trinajstić information content (AvgIpc) is 2.43. The molecule has 0 aliphatic heterocycles. The second-order valence-corrected chi connectivity index (χ2v) is 5.14. The number of carbonyl (C=O) groups excluding carboxylic acids is 1. The van der Waals surface area contributed by atoms with Gasteiger partial charge in [-0.15, -0.1) is 0 Å². The minimum atomic E-state index is -0.428. The zero-order chi connectivity index (χ0) is 14.7. The summed E-state index contributed by atoms with van der Waals surface area (Å²) < 4.78 is 13.8. The van der Waals surface area contributed by atoms with Gasteiger partial charge in [-0.1, -0.05) is 6.92 Å². The van der Waals surface area contributed by atoms with E-state index < -0.39 is 5.82 Å². The van der Waals surface area contributed by atoms with Gasteiger partial charge in [0, 0.05) is 5.69 Å². The van der Waals surface area contributed by atoms with Crippen molar-refractivity contribution in [1.82, 2.24) is 10.2 Å². The topological polar surface area (TPSA) is 54.9 Å². The van der Waals surface area contributed by atoms with Gasteiger partial charge >= 0.3 is 0 Å². The Hall–Kier alpha value is -1.82. The van der Waals surface area contributed by atoms with Crippen LogP contribution < -0.4 is 5.32 Å². The lowest BCUT2D eigenvalue weighted by atomic mass is 10.1. The summed E-state index contributed by atoms with van der Waals surface area (Å²) in [5.41, 5.74) is 2.13. The zero-order valence-corrected chi connectivity index (χ0v) is 12.7. The van der Waals surface area contributed by atoms with E-state index in [-0.39, 0.29) is 5.91 Å². The molecule has 4 nitrogen and oxygen atoms in total. The Morgan fingerprint density at radius 1 is 1.35 bits per heavy atom. The maximum Gasteiger partial charge on any atom is 0.257 e. The predicted octanol–water partition coefficient (Wildman–Crippen LogP) is 3.50. The fourth-order valence-corrected chi connectivity index (χ4v) is 1.99. The molecule has 1 N–H and O–H groups in total. The minimum absolute atomic E-state index is 0.318. The second kappa shape index (κ2) is 6.09. The summed E-state index contributed by atoms with van der Waals surface area (Å²) in [4.78, 5) is 12.2. The van der Waals surface area contributed by atoms with Crippen molar-refractivity contribution in [2.75, 3.05) is 5.32 Å². The Labute approximate surface area is 124 Å². The maximum atomic E-state index is 13.4. The van der Waals surface area contributed by atoms with Crippen LogP contribution in [-0.4, -0.2) is 16.1 Å². The van der Waals surface area contributed by atoms with Gasteiger partial charge in [0.05, 0.1) is 21.4 Å². The van der Waals surface area contributed by atoms with E-state index in [1.165, 1.54) is 6.07 Å². The molecular formula is C14H13BrFN3O. The Morgan fingerprint density at radius 3 is 2.75 bits per heavy atom. The van der Waals surface area contributed by atoms with E-state index in [2.05, 4.69) is 31.4 Å². The molecule has 2 rings (SSSR count). The number of benzene rings is 1. The van der Waals surface area contributed by atoms with E-state index in [4.69, 9.17) is 0 Å². The molecule has 0 aliphatic carbocycles. The molecule has 2 aromatic rings. The normalized spacial score (nSPS) is 10.4. The molecule has 0 fully saturated rings. The first-order valence-corrected chi connectivity index (χ1v) is 6.90. The lowest BCUT2D eigenvalue weighted by Crippen LogP contribution is -2.16. The van der Waals surface area contributed by atoms with Crippen LogP contribution in [-0.2, 0) is 6.42 Å². The van der Waals surface area contributed by atoms with Crippen molar-refractivity contribution >= 4 is 27.5 Å². The molecule has 0 bridgehead atoms. The van der Waals surface area contributed by atoms with Crippen molar-refractivity contribution in [3.8, 4) is 0 Å². The Morgan fingerprint density at radius 2 is 2.10 bits per heavy atom. The quantitative estimate of drug-likeness (QED) is 0.932. The zero-order valence-electron chi connectivity index (χ0n) is 11.1. The fourth-order valence-electron chi connectivity index (χ4n) is 1.74. The molecule has 1 heterocycles. The molecule has 1 aromatic heterocycles. The average molecular weight is 338 g/mol. The van der Waals surface area contributed by atoms with Crippen LogP contribution in [0.3, 0.4) is 0 Å². The number of rotatable bonds is 3. The van der Waals surface area contributed by atoms with Crippen LogP contribution in [0.5, 0.6) is 0 Å². The number of aryl methyl sites for hydroxylation is 2. The van der Waals surface area contributed by atoms with Crippen LogP contribution >= 0.6 is 15.9 Å². The number of anilines is 1. The largest absolute Gasteiger partial charge is 0.322 e. The summed E-state index contributed by atoms with van der Waals surface area (Å²) in [6, 6.07) is 6.10. The predicted molar refractivity (Wildman–Crippen MR) is 78.2 cm³/mol. The molecule has 0 saturated carbocycles. The molecule has 6 heteroatoms. The number of amides is 1. The summed E-state index contributed by atoms with van der Waals surface area (Å²) in [6.07, 6.45) is 0.602. The Bertz CT molecular complexity index is 661. The first kappa shape index (κ1) is 14.6. The minimum Gasteiger partial charge on any atom is -0.322 e. The van der Waals surface area contributed by atoms with Gasteiger partial charge < -0.3 is 5.32 Å². The van der Waals surface area contributed by atoms with Crippen LogP contribution in [0.15, 0.2) is 28.7 Å². The molecule has 0 spiro atoms. The smallest absolute Gasteiger partial charge is 0.257 e. The third-order valence-corrected chi connectivity index (χ3v) is 3.39. The van der Waals surface area contributed by atoms with E-state index in [9.17, 15) is 9.18 Å². The van der Waals surface area contributed by atoms with E-state index in [0.717, 1.165) is 0 Å². The molecule has 0 atom stereocenters. The van der Waals surface area contributed by atoms with Crippen LogP contribution in [0.1, 0.15) is 28.7 Å². The lowest BCUT2D eigenvalue weighted by Gasteiger charge is -2.09. The van der Waals surface area contributed by atoms with Crippen molar-refractivity contribution in [2.45, 2.75) is 20.3 Å². The number of aromatic nitrogens is 2. The SMILES string of the molecule is CCc1nnc(C)cc1C(=O)Nc1ccc(Br)c(F)c1. The highest BCUT2D eigenvalue weighted by Crippen LogP contribution is 2.20. The molecule has 0 unspecified atom stereocenters. The van der Waals surface area contributed by atoms with E-state index in [1.54, 1.807) is 25.1 Å². The number of nitrogens with zero attached hydrogens (tertiary/aromatic N) is 2. The summed E-state index contributed by atoms with van der Waals surface area (Å²) in [5, 5.41) is 10.6. The molecule has 1 aromatic carbocycles. The maximum absolute atomic E-state index is 13.4. The molecule has 0 saturated heterocycles. The lowest BCUT2D eigenvalue weighted by molar-refractivity contribution is 0.102. The summed E-state index contributed by atoms with van der Waals surface area (Å²) in [7, 11) is 0. The molecule has 20 heavy (non-hydrogen) atoms. The van der Waals surface area contributed by atoms with Gasteiger partial charge in [-0.3, -0.25) is 4.79 Å². The van der Waals surface area contributed by atoms with Crippen molar-refractivity contribution in [1.29, 1.82) is 0 Å². The molecule has 104 valence electrons. The fraction of sp³-hybridized carbons (Fsp3) is 0.214. The summed E-state index contributed by atoms with van der Waals surface area (Å²) >= 11 is 3.07. The van der Waals surface area contributed by atoms with Crippen molar-refractivity contribution in [3.05, 3.63) is 51.5 Å². The Balaban J connectivity index is 2.27. The highest BCUT2D eigenvalue weighted by Gasteiger charge is 2.13. The molecule has 0 aliphatic rings. The van der Waals surface area contributed by atoms with Crippen molar-refractivity contribution in [2.24, 2.45) is 0 Å². The number of halogens is 2. The number of hydrogen-bond acceptors (Lipinski definition) is 3. The van der Waals surface area contributed by atoms with Gasteiger partial charge in [-0.05, 0) is 53.5 Å². The standard InChI is InChI=1S/C14H13BrFN3O/c1-3-13-10(6-8(2)18-19-13)14(20)17-9-4-5-11(15)12(16)7-9/h4-7H,3H2,1-2H3,(H,17,20). The highest BCUT2D eigenvalue weighted by atomic mass is 79.9. The first-order valence-electron chi connectivity index (χ1n) is 6.11. The van der Waals surface area contributed by atoms with E-state index >= 15 is 0 Å². The van der Waals surface area contributed by atoms with Gasteiger partial charge in [0.2, 0.25) is 0 Å². The second-order valence-electron chi connectivity index (χ2n) is 4.28. The van der Waals surface area contributed by atoms with Crippen LogP contribution in [0, 0.1) is 12.7 Å². The first-order chi connectivity index (χ1) is 9.51. The van der Waals surface area contributed by atoms with E-state index in [1.807, 2.05) is 6.92 Å². The third kappa shape index (κ3) is 3.19. The molecule has 1 amide bonds. The number of hydrogen-bond donors (Lipinski definition) is 1. The van der Waals surface area contributed by atoms with Crippen LogP contribution in [0.25, 0.3) is 0 Å². The van der Waals surface area contributed by atoms with Gasteiger partial charge in [0.15, 0.2) is 0 Å². The summed E-state index contributed by atoms with van der Waals surface area (Å²) in [6.45, 7) is 3.66. The van der Waals surface area contributed by atoms with Gasteiger partial charge in [-0.2, -0.15) is 10.2 Å². The van der Waals surface area contributed by atoms with Gasteiger partial charge in [-0.25, -0.2) is 4.39 Å². The Kier molecular flexibility index (Phi) is 4.44. The van der Waals surface area contributed by atoms with Crippen LogP contribution in [0.2, 0.25) is 0 Å². The third-order valence-electron chi connectivity index (χ3n) is 2.75. The molecular weight excluding hydrogens is 325 g/mol. The van der Waals surface area contributed by atoms with Gasteiger partial charge in [0.25, 0.3) is 5.91 Å².